The minimum Gasteiger partial charge on any atom is -0.489 e. The second-order valence-electron chi connectivity index (χ2n) is 5.53. The van der Waals surface area contributed by atoms with Crippen LogP contribution in [0.4, 0.5) is 0 Å². The molecular weight excluding hydrogens is 226 g/mol. The molecule has 94 valence electrons. The summed E-state index contributed by atoms with van der Waals surface area (Å²) >= 11 is 0. The normalized spacial score (nSPS) is 36.5. The molecule has 0 saturated carbocycles. The van der Waals surface area contributed by atoms with E-state index in [9.17, 15) is 5.11 Å². The number of hydrogen-bond donors (Lipinski definition) is 2. The van der Waals surface area contributed by atoms with Crippen molar-refractivity contribution in [2.24, 2.45) is 0 Å². The fourth-order valence-electron chi connectivity index (χ4n) is 3.69. The Bertz CT molecular complexity index is 525. The zero-order chi connectivity index (χ0) is 12.2. The van der Waals surface area contributed by atoms with Gasteiger partial charge in [0.25, 0.3) is 0 Å². The third kappa shape index (κ3) is 1.26. The van der Waals surface area contributed by atoms with E-state index in [1.807, 2.05) is 6.08 Å². The van der Waals surface area contributed by atoms with Gasteiger partial charge in [-0.1, -0.05) is 24.3 Å². The number of ether oxygens (including phenoxy) is 1. The van der Waals surface area contributed by atoms with Gasteiger partial charge in [-0.3, -0.25) is 0 Å². The lowest BCUT2D eigenvalue weighted by Gasteiger charge is -2.35. The molecule has 3 aliphatic rings. The van der Waals surface area contributed by atoms with Crippen LogP contribution in [-0.2, 0) is 12.0 Å². The van der Waals surface area contributed by atoms with Crippen molar-refractivity contribution in [2.75, 3.05) is 6.54 Å². The molecular formula is C15H17NO2. The third-order valence-electron chi connectivity index (χ3n) is 4.52. The molecule has 2 aliphatic heterocycles. The Morgan fingerprint density at radius 2 is 2.33 bits per heavy atom. The maximum Gasteiger partial charge on any atom is 0.124 e. The van der Waals surface area contributed by atoms with E-state index >= 15 is 0 Å². The highest BCUT2D eigenvalue weighted by molar-refractivity contribution is 5.54. The van der Waals surface area contributed by atoms with Gasteiger partial charge in [0.1, 0.15) is 11.9 Å². The summed E-state index contributed by atoms with van der Waals surface area (Å²) in [5.41, 5.74) is 2.67. The van der Waals surface area contributed by atoms with Crippen LogP contribution in [0.1, 0.15) is 24.0 Å². The molecule has 1 aliphatic carbocycles. The molecule has 2 heterocycles. The van der Waals surface area contributed by atoms with E-state index in [0.29, 0.717) is 6.42 Å². The number of nitrogens with one attached hydrogen (secondary N) is 1. The first kappa shape index (κ1) is 10.6. The average Bonchev–Trinajstić information content (AvgIpc) is 2.57. The Kier molecular flexibility index (Phi) is 2.11. The van der Waals surface area contributed by atoms with Gasteiger partial charge in [-0.05, 0) is 24.6 Å². The quantitative estimate of drug-likeness (QED) is 0.678. The van der Waals surface area contributed by atoms with E-state index in [-0.39, 0.29) is 17.6 Å². The predicted molar refractivity (Wildman–Crippen MR) is 68.6 cm³/mol. The molecule has 0 saturated heterocycles. The number of rotatable bonds is 0. The van der Waals surface area contributed by atoms with Crippen LogP contribution in [0.5, 0.6) is 5.75 Å². The Labute approximate surface area is 106 Å². The standard InChI is InChI=1S/C15H17NO2/c17-11-4-5-15-6-7-16-9-10-2-1-3-12(14(10)15)18-13(15)8-11/h1-5,11,13,16-17H,6-9H2. The van der Waals surface area contributed by atoms with Crippen molar-refractivity contribution in [3.63, 3.8) is 0 Å². The number of aliphatic hydroxyl groups excluding tert-OH is 1. The zero-order valence-corrected chi connectivity index (χ0v) is 10.2. The van der Waals surface area contributed by atoms with E-state index in [2.05, 4.69) is 29.6 Å². The molecule has 0 fully saturated rings. The second-order valence-corrected chi connectivity index (χ2v) is 5.53. The van der Waals surface area contributed by atoms with Gasteiger partial charge < -0.3 is 15.2 Å². The van der Waals surface area contributed by atoms with Gasteiger partial charge in [0.2, 0.25) is 0 Å². The molecule has 0 amide bonds. The van der Waals surface area contributed by atoms with Gasteiger partial charge in [-0.15, -0.1) is 0 Å². The van der Waals surface area contributed by atoms with Crippen molar-refractivity contribution < 1.29 is 9.84 Å². The average molecular weight is 243 g/mol. The van der Waals surface area contributed by atoms with Gasteiger partial charge in [0, 0.05) is 18.5 Å². The first-order chi connectivity index (χ1) is 8.79. The maximum absolute atomic E-state index is 9.82. The van der Waals surface area contributed by atoms with Crippen LogP contribution < -0.4 is 10.1 Å². The van der Waals surface area contributed by atoms with Crippen LogP contribution in [0.25, 0.3) is 0 Å². The summed E-state index contributed by atoms with van der Waals surface area (Å²) in [7, 11) is 0. The molecule has 2 N–H and O–H groups in total. The molecule has 3 atom stereocenters. The van der Waals surface area contributed by atoms with Crippen LogP contribution in [0.2, 0.25) is 0 Å². The summed E-state index contributed by atoms with van der Waals surface area (Å²) in [5, 5.41) is 13.3. The van der Waals surface area contributed by atoms with E-state index in [1.165, 1.54) is 11.1 Å². The van der Waals surface area contributed by atoms with Gasteiger partial charge in [-0.25, -0.2) is 0 Å². The topological polar surface area (TPSA) is 41.5 Å². The van der Waals surface area contributed by atoms with E-state index < -0.39 is 0 Å². The van der Waals surface area contributed by atoms with Crippen molar-refractivity contribution in [1.29, 1.82) is 0 Å². The van der Waals surface area contributed by atoms with Gasteiger partial charge in [0.05, 0.1) is 11.5 Å². The van der Waals surface area contributed by atoms with Crippen molar-refractivity contribution in [1.82, 2.24) is 5.32 Å². The third-order valence-corrected chi connectivity index (χ3v) is 4.52. The molecule has 4 rings (SSSR count). The van der Waals surface area contributed by atoms with Gasteiger partial charge >= 0.3 is 0 Å². The second kappa shape index (κ2) is 3.59. The number of benzene rings is 1. The molecule has 0 radical (unpaired) electrons. The minimum absolute atomic E-state index is 0.0192. The molecule has 18 heavy (non-hydrogen) atoms. The predicted octanol–water partition coefficient (Wildman–Crippen LogP) is 1.50. The Balaban J connectivity index is 1.95. The van der Waals surface area contributed by atoms with Gasteiger partial charge in [0.15, 0.2) is 0 Å². The summed E-state index contributed by atoms with van der Waals surface area (Å²) in [6.45, 7) is 1.91. The van der Waals surface area contributed by atoms with E-state index in [1.54, 1.807) is 0 Å². The first-order valence-electron chi connectivity index (χ1n) is 6.67. The highest BCUT2D eigenvalue weighted by Gasteiger charge is 2.50. The van der Waals surface area contributed by atoms with Crippen molar-refractivity contribution in [3.05, 3.63) is 41.5 Å². The largest absolute Gasteiger partial charge is 0.489 e. The fraction of sp³-hybridized carbons (Fsp3) is 0.467. The Morgan fingerprint density at radius 1 is 1.39 bits per heavy atom. The summed E-state index contributed by atoms with van der Waals surface area (Å²) in [6.07, 6.45) is 5.60. The molecule has 1 aromatic carbocycles. The monoisotopic (exact) mass is 243 g/mol. The highest BCUT2D eigenvalue weighted by atomic mass is 16.5. The summed E-state index contributed by atoms with van der Waals surface area (Å²) in [5.74, 6) is 1.01. The smallest absolute Gasteiger partial charge is 0.124 e. The summed E-state index contributed by atoms with van der Waals surface area (Å²) in [6, 6.07) is 6.31. The van der Waals surface area contributed by atoms with Gasteiger partial charge in [-0.2, -0.15) is 0 Å². The minimum atomic E-state index is -0.366. The SMILES string of the molecule is OC1C=CC23CCNCc4cccc(c42)OC3C1. The lowest BCUT2D eigenvalue weighted by Crippen LogP contribution is -2.42. The molecule has 3 unspecified atom stereocenters. The molecule has 0 bridgehead atoms. The van der Waals surface area contributed by atoms with Crippen molar-refractivity contribution in [3.8, 4) is 5.75 Å². The fourth-order valence-corrected chi connectivity index (χ4v) is 3.69. The summed E-state index contributed by atoms with van der Waals surface area (Å²) in [4.78, 5) is 0. The lowest BCUT2D eigenvalue weighted by molar-refractivity contribution is 0.0866. The van der Waals surface area contributed by atoms with Crippen LogP contribution >= 0.6 is 0 Å². The molecule has 3 nitrogen and oxygen atoms in total. The zero-order valence-electron chi connectivity index (χ0n) is 10.2. The van der Waals surface area contributed by atoms with Crippen LogP contribution in [0.15, 0.2) is 30.4 Å². The Morgan fingerprint density at radius 3 is 3.28 bits per heavy atom. The molecule has 0 aromatic heterocycles. The molecule has 1 spiro atoms. The summed E-state index contributed by atoms with van der Waals surface area (Å²) < 4.78 is 6.11. The highest BCUT2D eigenvalue weighted by Crippen LogP contribution is 2.51. The molecule has 1 aromatic rings. The lowest BCUT2D eigenvalue weighted by atomic mass is 9.69. The van der Waals surface area contributed by atoms with Crippen molar-refractivity contribution >= 4 is 0 Å². The molecule has 3 heteroatoms. The van der Waals surface area contributed by atoms with Crippen LogP contribution in [0, 0.1) is 0 Å². The van der Waals surface area contributed by atoms with Crippen LogP contribution in [-0.4, -0.2) is 23.9 Å². The number of hydrogen-bond acceptors (Lipinski definition) is 3. The van der Waals surface area contributed by atoms with Crippen LogP contribution in [0.3, 0.4) is 0 Å². The Hall–Kier alpha value is -1.32. The van der Waals surface area contributed by atoms with E-state index in [0.717, 1.165) is 25.3 Å². The van der Waals surface area contributed by atoms with E-state index in [4.69, 9.17) is 4.74 Å². The first-order valence-corrected chi connectivity index (χ1v) is 6.67. The van der Waals surface area contributed by atoms with Crippen molar-refractivity contribution in [2.45, 2.75) is 37.0 Å². The number of aliphatic hydroxyl groups is 1. The maximum atomic E-state index is 9.82.